The van der Waals surface area contributed by atoms with Crippen molar-refractivity contribution in [2.45, 2.75) is 160 Å². The molecule has 0 radical (unpaired) electrons. The molecule has 9 nitrogen and oxygen atoms in total. The highest BCUT2D eigenvalue weighted by Crippen LogP contribution is 2.26. The lowest BCUT2D eigenvalue weighted by atomic mass is 9.95. The molecule has 1 heterocycles. The minimum atomic E-state index is -2.01. The number of rotatable bonds is 24. The summed E-state index contributed by atoms with van der Waals surface area (Å²) < 4.78 is 15.0. The predicted molar refractivity (Wildman–Crippen MR) is 152 cm³/mol. The van der Waals surface area contributed by atoms with Gasteiger partial charge in [-0.1, -0.05) is 129 Å². The van der Waals surface area contributed by atoms with Gasteiger partial charge in [-0.15, -0.1) is 0 Å². The maximum absolute atomic E-state index is 12.7. The van der Waals surface area contributed by atoms with E-state index in [4.69, 9.17) is 14.2 Å². The summed E-state index contributed by atoms with van der Waals surface area (Å²) in [5.74, 6) is -3.43. The van der Waals surface area contributed by atoms with Crippen LogP contribution in [0.3, 0.4) is 0 Å². The van der Waals surface area contributed by atoms with Gasteiger partial charge in [-0.3, -0.25) is 0 Å². The van der Waals surface area contributed by atoms with Gasteiger partial charge in [0.1, 0.15) is 0 Å². The average Bonchev–Trinajstić information content (AvgIpc) is 2.99. The van der Waals surface area contributed by atoms with Gasteiger partial charge in [-0.2, -0.15) is 0 Å². The maximum atomic E-state index is 12.7. The van der Waals surface area contributed by atoms with Crippen LogP contribution in [0, 0.1) is 0 Å². The Hall–Kier alpha value is -1.71. The molecule has 3 atom stereocenters. The Morgan fingerprint density at radius 3 is 1.30 bits per heavy atom. The number of aliphatic hydroxyl groups excluding tert-OH is 3. The summed E-state index contributed by atoms with van der Waals surface area (Å²) in [6.45, 7) is -0.311. The zero-order chi connectivity index (χ0) is 29.5. The fraction of sp³-hybridized carbons (Fsp3) is 0.903. The molecule has 0 amide bonds. The molecule has 1 aliphatic heterocycles. The molecular weight excluding hydrogens is 516 g/mol. The van der Waals surface area contributed by atoms with Crippen LogP contribution in [-0.4, -0.2) is 70.9 Å². The van der Waals surface area contributed by atoms with Gasteiger partial charge in [0, 0.05) is 6.42 Å². The number of hydrogen-bond donors (Lipinski definition) is 3. The molecule has 0 aromatic carbocycles. The number of aliphatic hydroxyl groups is 3. The Morgan fingerprint density at radius 2 is 0.925 bits per heavy atom. The van der Waals surface area contributed by atoms with Crippen molar-refractivity contribution < 1.29 is 43.9 Å². The number of hydrogen-bond acceptors (Lipinski definition) is 9. The summed E-state index contributed by atoms with van der Waals surface area (Å²) in [6.07, 6.45) is 21.3. The van der Waals surface area contributed by atoms with E-state index in [0.29, 0.717) is 6.42 Å². The zero-order valence-electron chi connectivity index (χ0n) is 24.9. The highest BCUT2D eigenvalue weighted by Gasteiger charge is 2.48. The van der Waals surface area contributed by atoms with E-state index in [9.17, 15) is 29.7 Å². The van der Waals surface area contributed by atoms with E-state index in [1.165, 1.54) is 96.3 Å². The first-order valence-corrected chi connectivity index (χ1v) is 15.9. The van der Waals surface area contributed by atoms with Gasteiger partial charge in [0.05, 0.1) is 19.8 Å². The van der Waals surface area contributed by atoms with Crippen LogP contribution in [-0.2, 0) is 28.6 Å². The Balaban J connectivity index is 2.15. The summed E-state index contributed by atoms with van der Waals surface area (Å²) in [5.41, 5.74) is -2.01. The van der Waals surface area contributed by atoms with E-state index in [1.54, 1.807) is 0 Å². The first-order valence-electron chi connectivity index (χ1n) is 15.9. The van der Waals surface area contributed by atoms with Gasteiger partial charge < -0.3 is 29.5 Å². The van der Waals surface area contributed by atoms with E-state index < -0.39 is 55.5 Å². The van der Waals surface area contributed by atoms with Gasteiger partial charge in [0.2, 0.25) is 17.8 Å². The lowest BCUT2D eigenvalue weighted by Crippen LogP contribution is -2.50. The van der Waals surface area contributed by atoms with Crippen molar-refractivity contribution in [1.29, 1.82) is 0 Å². The highest BCUT2D eigenvalue weighted by atomic mass is 16.7. The predicted octanol–water partition coefficient (Wildman–Crippen LogP) is 5.29. The lowest BCUT2D eigenvalue weighted by Gasteiger charge is -2.29. The normalized spacial score (nSPS) is 21.8. The summed E-state index contributed by atoms with van der Waals surface area (Å²) in [4.78, 5) is 37.1. The van der Waals surface area contributed by atoms with Crippen LogP contribution in [0.4, 0.5) is 0 Å². The van der Waals surface area contributed by atoms with Crippen molar-refractivity contribution in [2.75, 3.05) is 19.8 Å². The second kappa shape index (κ2) is 22.9. The molecule has 1 saturated heterocycles. The second-order valence-corrected chi connectivity index (χ2v) is 11.2. The van der Waals surface area contributed by atoms with Crippen molar-refractivity contribution in [3.8, 4) is 0 Å². The van der Waals surface area contributed by atoms with E-state index in [-0.39, 0.29) is 6.42 Å². The van der Waals surface area contributed by atoms with E-state index in [2.05, 4.69) is 6.92 Å². The minimum Gasteiger partial charge on any atom is -0.445 e. The summed E-state index contributed by atoms with van der Waals surface area (Å²) >= 11 is 0. The smallest absolute Gasteiger partial charge is 0.354 e. The molecule has 0 aliphatic carbocycles. The molecule has 0 bridgehead atoms. The number of esters is 3. The molecule has 1 rings (SSSR count). The van der Waals surface area contributed by atoms with Crippen molar-refractivity contribution in [2.24, 2.45) is 0 Å². The zero-order valence-corrected chi connectivity index (χ0v) is 24.9. The monoisotopic (exact) mass is 572 g/mol. The molecule has 234 valence electrons. The molecule has 0 aromatic heterocycles. The third-order valence-corrected chi connectivity index (χ3v) is 7.72. The lowest BCUT2D eigenvalue weighted by molar-refractivity contribution is -0.193. The third kappa shape index (κ3) is 14.8. The van der Waals surface area contributed by atoms with Crippen LogP contribution in [0.2, 0.25) is 0 Å². The molecule has 3 unspecified atom stereocenters. The highest BCUT2D eigenvalue weighted by molar-refractivity contribution is 5.90. The maximum Gasteiger partial charge on any atom is 0.354 e. The topological polar surface area (TPSA) is 140 Å². The van der Waals surface area contributed by atoms with Crippen LogP contribution >= 0.6 is 0 Å². The van der Waals surface area contributed by atoms with Crippen molar-refractivity contribution in [3.05, 3.63) is 0 Å². The Bertz CT molecular complexity index is 682. The molecular formula is C31H56O9. The first kappa shape index (κ1) is 36.3. The summed E-state index contributed by atoms with van der Waals surface area (Å²) in [6, 6.07) is 0. The van der Waals surface area contributed by atoms with Crippen molar-refractivity contribution in [3.63, 3.8) is 0 Å². The van der Waals surface area contributed by atoms with E-state index >= 15 is 0 Å². The van der Waals surface area contributed by atoms with Crippen LogP contribution in [0.15, 0.2) is 0 Å². The molecule has 0 aromatic rings. The molecule has 1 fully saturated rings. The Labute approximate surface area is 241 Å². The molecule has 40 heavy (non-hydrogen) atoms. The average molecular weight is 573 g/mol. The molecule has 0 spiro atoms. The number of carbonyl (C=O) groups excluding carboxylic acids is 3. The quantitative estimate of drug-likeness (QED) is 0.0799. The first-order chi connectivity index (χ1) is 19.4. The van der Waals surface area contributed by atoms with Crippen LogP contribution in [0.1, 0.15) is 142 Å². The fourth-order valence-electron chi connectivity index (χ4n) is 5.07. The minimum absolute atomic E-state index is 0.00246. The molecule has 9 heteroatoms. The van der Waals surface area contributed by atoms with Crippen LogP contribution in [0.25, 0.3) is 0 Å². The molecule has 3 N–H and O–H groups in total. The standard InChI is InChI=1S/C31H56O9/c1-2-3-4-5-6-7-8-9-10-11-12-13-14-15-16-17-18-19-20-21-22-31(25-34)30(37)39-26(23-32)28(35)38-27(24-33)29(36)40-31/h26-27,32-34H,2-25H2,1H3. The number of cyclic esters (lactones) is 3. The van der Waals surface area contributed by atoms with Gasteiger partial charge in [0.25, 0.3) is 0 Å². The van der Waals surface area contributed by atoms with Gasteiger partial charge in [0.15, 0.2) is 0 Å². The van der Waals surface area contributed by atoms with Crippen LogP contribution in [0.5, 0.6) is 0 Å². The van der Waals surface area contributed by atoms with Gasteiger partial charge in [-0.25, -0.2) is 14.4 Å². The second-order valence-electron chi connectivity index (χ2n) is 11.2. The van der Waals surface area contributed by atoms with Crippen LogP contribution < -0.4 is 0 Å². The number of unbranched alkanes of at least 4 members (excludes halogenated alkanes) is 19. The SMILES string of the molecule is CCCCCCCCCCCCCCCCCCCCCCC1(CO)OC(=O)C(CO)OC(=O)C(CO)OC1=O. The van der Waals surface area contributed by atoms with E-state index in [0.717, 1.165) is 25.7 Å². The summed E-state index contributed by atoms with van der Waals surface area (Å²) in [7, 11) is 0. The number of ether oxygens (including phenoxy) is 3. The van der Waals surface area contributed by atoms with Gasteiger partial charge in [-0.05, 0) is 6.42 Å². The van der Waals surface area contributed by atoms with E-state index in [1.807, 2.05) is 0 Å². The largest absolute Gasteiger partial charge is 0.445 e. The third-order valence-electron chi connectivity index (χ3n) is 7.72. The van der Waals surface area contributed by atoms with Gasteiger partial charge >= 0.3 is 17.9 Å². The Morgan fingerprint density at radius 1 is 0.550 bits per heavy atom. The summed E-state index contributed by atoms with van der Waals surface area (Å²) in [5, 5.41) is 28.7. The van der Waals surface area contributed by atoms with Crippen molar-refractivity contribution in [1.82, 2.24) is 0 Å². The van der Waals surface area contributed by atoms with Crippen molar-refractivity contribution >= 4 is 17.9 Å². The molecule has 1 aliphatic rings. The number of carbonyl (C=O) groups is 3. The fourth-order valence-corrected chi connectivity index (χ4v) is 5.07. The molecule has 0 saturated carbocycles. The Kier molecular flexibility index (Phi) is 20.8.